The number of H-pyrrole nitrogens is 1. The molecule has 88 valence electrons. The Hall–Kier alpha value is -1.36. The molecule has 0 aliphatic carbocycles. The van der Waals surface area contributed by atoms with Crippen LogP contribution < -0.4 is 5.32 Å². The second-order valence-electron chi connectivity index (χ2n) is 4.16. The van der Waals surface area contributed by atoms with Gasteiger partial charge in [-0.05, 0) is 12.5 Å². The molecule has 1 aromatic rings. The minimum absolute atomic E-state index is 0.0214. The summed E-state index contributed by atoms with van der Waals surface area (Å²) in [6, 6.07) is 1.91. The minimum atomic E-state index is -0.0214. The predicted octanol–water partition coefficient (Wildman–Crippen LogP) is 1.03. The van der Waals surface area contributed by atoms with Gasteiger partial charge in [0.15, 0.2) is 0 Å². The van der Waals surface area contributed by atoms with E-state index in [2.05, 4.69) is 27.3 Å². The molecule has 1 saturated heterocycles. The van der Waals surface area contributed by atoms with Crippen LogP contribution in [-0.2, 0) is 4.79 Å². The predicted molar refractivity (Wildman–Crippen MR) is 60.6 cm³/mol. The molecule has 2 rings (SSSR count). The van der Waals surface area contributed by atoms with Gasteiger partial charge in [0.2, 0.25) is 5.91 Å². The summed E-state index contributed by atoms with van der Waals surface area (Å²) in [4.78, 5) is 13.6. The van der Waals surface area contributed by atoms with E-state index in [1.807, 2.05) is 6.07 Å². The maximum Gasteiger partial charge on any atom is 0.235 e. The Kier molecular flexibility index (Phi) is 3.56. The lowest BCUT2D eigenvalue weighted by atomic mass is 10.2. The van der Waals surface area contributed by atoms with Gasteiger partial charge in [0.1, 0.15) is 6.17 Å². The van der Waals surface area contributed by atoms with E-state index in [4.69, 9.17) is 0 Å². The first kappa shape index (κ1) is 11.1. The number of amides is 1. The molecule has 1 amide bonds. The van der Waals surface area contributed by atoms with Gasteiger partial charge in [0.25, 0.3) is 0 Å². The van der Waals surface area contributed by atoms with Crippen LogP contribution in [0.1, 0.15) is 38.0 Å². The zero-order valence-electron chi connectivity index (χ0n) is 9.57. The van der Waals surface area contributed by atoms with E-state index in [0.717, 1.165) is 18.7 Å². The topological polar surface area (TPSA) is 61.0 Å². The van der Waals surface area contributed by atoms with E-state index in [-0.39, 0.29) is 12.1 Å². The molecule has 0 unspecified atom stereocenters. The summed E-state index contributed by atoms with van der Waals surface area (Å²) in [6.07, 6.45) is 5.23. The lowest BCUT2D eigenvalue weighted by Crippen LogP contribution is -2.28. The number of hydrogen-bond donors (Lipinski definition) is 2. The van der Waals surface area contributed by atoms with Crippen molar-refractivity contribution in [1.82, 2.24) is 20.4 Å². The highest BCUT2D eigenvalue weighted by atomic mass is 16.2. The van der Waals surface area contributed by atoms with Crippen LogP contribution in [0, 0.1) is 0 Å². The van der Waals surface area contributed by atoms with Gasteiger partial charge < -0.3 is 5.32 Å². The summed E-state index contributed by atoms with van der Waals surface area (Å²) in [7, 11) is 0. The fourth-order valence-electron chi connectivity index (χ4n) is 2.03. The Bertz CT molecular complexity index is 336. The third-order valence-electron chi connectivity index (χ3n) is 2.88. The number of aromatic nitrogens is 2. The molecule has 1 aliphatic rings. The molecule has 5 heteroatoms. The van der Waals surface area contributed by atoms with Gasteiger partial charge in [-0.25, -0.2) is 0 Å². The highest BCUT2D eigenvalue weighted by Crippen LogP contribution is 2.20. The normalized spacial score (nSPS) is 21.3. The Morgan fingerprint density at radius 2 is 2.44 bits per heavy atom. The summed E-state index contributed by atoms with van der Waals surface area (Å²) in [5.74, 6) is 0.0936. The second kappa shape index (κ2) is 5.12. The monoisotopic (exact) mass is 222 g/mol. The third-order valence-corrected chi connectivity index (χ3v) is 2.88. The van der Waals surface area contributed by atoms with Crippen molar-refractivity contribution < 1.29 is 4.79 Å². The molecule has 0 bridgehead atoms. The SMILES string of the molecule is CCCCCN1CC(=O)N[C@H]1c1ccn[nH]1. The number of unbranched alkanes of at least 4 members (excludes halogenated alkanes) is 2. The van der Waals surface area contributed by atoms with Crippen molar-refractivity contribution >= 4 is 5.91 Å². The first-order valence-electron chi connectivity index (χ1n) is 5.84. The van der Waals surface area contributed by atoms with E-state index in [1.54, 1.807) is 6.20 Å². The molecular formula is C11H18N4O. The molecule has 5 nitrogen and oxygen atoms in total. The zero-order chi connectivity index (χ0) is 11.4. The average molecular weight is 222 g/mol. The number of rotatable bonds is 5. The number of carbonyl (C=O) groups excluding carboxylic acids is 1. The molecule has 0 spiro atoms. The Morgan fingerprint density at radius 1 is 1.56 bits per heavy atom. The van der Waals surface area contributed by atoms with Crippen molar-refractivity contribution in [2.24, 2.45) is 0 Å². The fourth-order valence-corrected chi connectivity index (χ4v) is 2.03. The summed E-state index contributed by atoms with van der Waals surface area (Å²) >= 11 is 0. The quantitative estimate of drug-likeness (QED) is 0.731. The molecule has 1 atom stereocenters. The van der Waals surface area contributed by atoms with Gasteiger partial charge in [0.05, 0.1) is 12.2 Å². The van der Waals surface area contributed by atoms with E-state index < -0.39 is 0 Å². The number of aromatic amines is 1. The van der Waals surface area contributed by atoms with Crippen LogP contribution in [0.5, 0.6) is 0 Å². The molecule has 2 N–H and O–H groups in total. The Labute approximate surface area is 95.2 Å². The van der Waals surface area contributed by atoms with Gasteiger partial charge in [-0.3, -0.25) is 14.8 Å². The molecule has 1 aliphatic heterocycles. The average Bonchev–Trinajstić information content (AvgIpc) is 2.87. The maximum atomic E-state index is 11.4. The largest absolute Gasteiger partial charge is 0.334 e. The second-order valence-corrected chi connectivity index (χ2v) is 4.16. The van der Waals surface area contributed by atoms with Gasteiger partial charge in [-0.15, -0.1) is 0 Å². The number of nitrogens with zero attached hydrogens (tertiary/aromatic N) is 2. The fraction of sp³-hybridized carbons (Fsp3) is 0.636. The summed E-state index contributed by atoms with van der Waals surface area (Å²) in [6.45, 7) is 3.63. The lowest BCUT2D eigenvalue weighted by molar-refractivity contribution is -0.118. The van der Waals surface area contributed by atoms with Crippen molar-refractivity contribution in [2.75, 3.05) is 13.1 Å². The highest BCUT2D eigenvalue weighted by molar-refractivity contribution is 5.80. The summed E-state index contributed by atoms with van der Waals surface area (Å²) in [5, 5.41) is 9.78. The smallest absolute Gasteiger partial charge is 0.235 e. The number of nitrogens with one attached hydrogen (secondary N) is 2. The molecule has 16 heavy (non-hydrogen) atoms. The van der Waals surface area contributed by atoms with Crippen LogP contribution in [0.25, 0.3) is 0 Å². The molecule has 1 fully saturated rings. The Balaban J connectivity index is 1.96. The zero-order valence-corrected chi connectivity index (χ0v) is 9.57. The van der Waals surface area contributed by atoms with Crippen molar-refractivity contribution in [3.63, 3.8) is 0 Å². The first-order chi connectivity index (χ1) is 7.81. The van der Waals surface area contributed by atoms with Crippen LogP contribution in [0.4, 0.5) is 0 Å². The van der Waals surface area contributed by atoms with Crippen molar-refractivity contribution in [3.8, 4) is 0 Å². The van der Waals surface area contributed by atoms with Crippen LogP contribution in [0.3, 0.4) is 0 Å². The van der Waals surface area contributed by atoms with E-state index in [0.29, 0.717) is 6.54 Å². The van der Waals surface area contributed by atoms with Crippen LogP contribution in [-0.4, -0.2) is 34.1 Å². The van der Waals surface area contributed by atoms with Crippen molar-refractivity contribution in [2.45, 2.75) is 32.4 Å². The molecule has 0 radical (unpaired) electrons. The van der Waals surface area contributed by atoms with Gasteiger partial charge in [0, 0.05) is 12.7 Å². The number of hydrogen-bond acceptors (Lipinski definition) is 3. The van der Waals surface area contributed by atoms with Crippen LogP contribution >= 0.6 is 0 Å². The van der Waals surface area contributed by atoms with Gasteiger partial charge in [-0.2, -0.15) is 5.10 Å². The van der Waals surface area contributed by atoms with Crippen molar-refractivity contribution in [1.29, 1.82) is 0 Å². The molecule has 1 aromatic heterocycles. The van der Waals surface area contributed by atoms with Gasteiger partial charge in [-0.1, -0.05) is 19.8 Å². The van der Waals surface area contributed by atoms with E-state index >= 15 is 0 Å². The highest BCUT2D eigenvalue weighted by Gasteiger charge is 2.30. The Morgan fingerprint density at radius 3 is 3.12 bits per heavy atom. The van der Waals surface area contributed by atoms with Crippen LogP contribution in [0.2, 0.25) is 0 Å². The molecule has 2 heterocycles. The van der Waals surface area contributed by atoms with Crippen LogP contribution in [0.15, 0.2) is 12.3 Å². The van der Waals surface area contributed by atoms with Crippen molar-refractivity contribution in [3.05, 3.63) is 18.0 Å². The third kappa shape index (κ3) is 2.41. The van der Waals surface area contributed by atoms with E-state index in [1.165, 1.54) is 12.8 Å². The molecule has 0 saturated carbocycles. The number of carbonyl (C=O) groups is 1. The maximum absolute atomic E-state index is 11.4. The molecular weight excluding hydrogens is 204 g/mol. The lowest BCUT2D eigenvalue weighted by Gasteiger charge is -2.21. The van der Waals surface area contributed by atoms with Gasteiger partial charge >= 0.3 is 0 Å². The molecule has 0 aromatic carbocycles. The minimum Gasteiger partial charge on any atom is -0.334 e. The van der Waals surface area contributed by atoms with E-state index in [9.17, 15) is 4.79 Å². The first-order valence-corrected chi connectivity index (χ1v) is 5.84. The summed E-state index contributed by atoms with van der Waals surface area (Å²) < 4.78 is 0. The standard InChI is InChI=1S/C11H18N4O/c1-2-3-4-7-15-8-10(16)13-11(15)9-5-6-12-14-9/h5-6,11H,2-4,7-8H2,1H3,(H,12,14)(H,13,16)/t11-/m1/s1. The summed E-state index contributed by atoms with van der Waals surface area (Å²) in [5.41, 5.74) is 0.961.